The summed E-state index contributed by atoms with van der Waals surface area (Å²) in [5.74, 6) is -0.967. The van der Waals surface area contributed by atoms with Gasteiger partial charge >= 0.3 is 11.9 Å². The quantitative estimate of drug-likeness (QED) is 0.698. The number of hydrogen-bond donors (Lipinski definition) is 3. The van der Waals surface area contributed by atoms with E-state index in [9.17, 15) is 9.59 Å². The molecule has 1 atom stereocenters. The van der Waals surface area contributed by atoms with Gasteiger partial charge in [0.1, 0.15) is 0 Å². The smallest absolute Gasteiger partial charge is 0.328 e. The van der Waals surface area contributed by atoms with Crippen LogP contribution in [0, 0.1) is 5.92 Å². The fraction of sp³-hybridized carbons (Fsp3) is 0.500. The number of carboxylic acids is 2. The second-order valence-corrected chi connectivity index (χ2v) is 6.24. The zero-order chi connectivity index (χ0) is 16.1. The number of carboxylic acid groups (broad SMARTS) is 2. The normalized spacial score (nSPS) is 26.5. The Bertz CT molecular complexity index is 548. The SMILES string of the molecule is Brc1cn[nH]c1C1CN2CCC1CC2.O=C(O)/C=C\C(=O)O. The molecule has 22 heavy (non-hydrogen) atoms. The van der Waals surface area contributed by atoms with Gasteiger partial charge in [0.05, 0.1) is 16.4 Å². The van der Waals surface area contributed by atoms with Crippen LogP contribution in [0.1, 0.15) is 24.5 Å². The minimum atomic E-state index is -1.26. The standard InChI is InChI=1S/C10H14BrN3.C4H4O4/c11-9-5-12-13-10(9)8-6-14-3-1-7(8)2-4-14;5-3(6)1-2-4(7)8/h5,7-8H,1-4,6H2,(H,12,13);1-2H,(H,5,6)(H,7,8)/b;2-1-. The molecule has 3 fully saturated rings. The number of aliphatic carboxylic acids is 2. The molecule has 7 nitrogen and oxygen atoms in total. The maximum atomic E-state index is 9.55. The molecule has 1 aromatic heterocycles. The first-order chi connectivity index (χ1) is 10.5. The van der Waals surface area contributed by atoms with Crippen molar-refractivity contribution in [2.75, 3.05) is 19.6 Å². The first kappa shape index (κ1) is 16.7. The van der Waals surface area contributed by atoms with Crippen molar-refractivity contribution in [3.05, 3.63) is 28.5 Å². The van der Waals surface area contributed by atoms with Gasteiger partial charge in [-0.15, -0.1) is 0 Å². The van der Waals surface area contributed by atoms with Crippen LogP contribution in [0.5, 0.6) is 0 Å². The number of carbonyl (C=O) groups is 2. The van der Waals surface area contributed by atoms with E-state index in [2.05, 4.69) is 31.0 Å². The molecule has 3 aliphatic rings. The number of fused-ring (bicyclic) bond motifs is 3. The molecule has 120 valence electrons. The van der Waals surface area contributed by atoms with E-state index in [0.29, 0.717) is 18.1 Å². The molecule has 3 N–H and O–H groups in total. The Hall–Kier alpha value is -1.67. The maximum Gasteiger partial charge on any atom is 0.328 e. The highest BCUT2D eigenvalue weighted by Gasteiger charge is 2.36. The molecule has 8 heteroatoms. The lowest BCUT2D eigenvalue weighted by Gasteiger charge is -2.44. The highest BCUT2D eigenvalue weighted by molar-refractivity contribution is 9.10. The van der Waals surface area contributed by atoms with Crippen molar-refractivity contribution in [2.24, 2.45) is 5.92 Å². The van der Waals surface area contributed by atoms with Gasteiger partial charge in [-0.05, 0) is 47.8 Å². The third-order valence-corrected chi connectivity index (χ3v) is 4.65. The van der Waals surface area contributed by atoms with Crippen LogP contribution < -0.4 is 0 Å². The third-order valence-electron chi connectivity index (χ3n) is 4.02. The molecule has 4 rings (SSSR count). The van der Waals surface area contributed by atoms with Gasteiger partial charge < -0.3 is 15.1 Å². The molecule has 0 spiro atoms. The fourth-order valence-corrected chi connectivity index (χ4v) is 3.46. The van der Waals surface area contributed by atoms with E-state index in [-0.39, 0.29) is 0 Å². The average molecular weight is 372 g/mol. The molecule has 4 heterocycles. The number of aromatic nitrogens is 2. The van der Waals surface area contributed by atoms with Crippen molar-refractivity contribution in [1.29, 1.82) is 0 Å². The van der Waals surface area contributed by atoms with Crippen LogP contribution in [0.3, 0.4) is 0 Å². The number of nitrogens with one attached hydrogen (secondary N) is 1. The minimum Gasteiger partial charge on any atom is -0.478 e. The number of piperidine rings is 3. The number of rotatable bonds is 3. The molecule has 0 saturated carbocycles. The number of hydrogen-bond acceptors (Lipinski definition) is 4. The average Bonchev–Trinajstić information content (AvgIpc) is 2.93. The van der Waals surface area contributed by atoms with Gasteiger partial charge in [-0.25, -0.2) is 9.59 Å². The summed E-state index contributed by atoms with van der Waals surface area (Å²) in [5.41, 5.74) is 1.31. The summed E-state index contributed by atoms with van der Waals surface area (Å²) in [6, 6.07) is 0. The van der Waals surface area contributed by atoms with E-state index in [1.54, 1.807) is 0 Å². The van der Waals surface area contributed by atoms with Gasteiger partial charge in [0.25, 0.3) is 0 Å². The summed E-state index contributed by atoms with van der Waals surface area (Å²) >= 11 is 3.56. The van der Waals surface area contributed by atoms with Gasteiger partial charge in [0.15, 0.2) is 0 Å². The molecule has 3 saturated heterocycles. The monoisotopic (exact) mass is 371 g/mol. The van der Waals surface area contributed by atoms with Crippen LogP contribution in [-0.4, -0.2) is 56.9 Å². The van der Waals surface area contributed by atoms with E-state index < -0.39 is 11.9 Å². The largest absolute Gasteiger partial charge is 0.478 e. The Kier molecular flexibility index (Phi) is 5.73. The lowest BCUT2D eigenvalue weighted by molar-refractivity contribution is -0.134. The second-order valence-electron chi connectivity index (χ2n) is 5.39. The van der Waals surface area contributed by atoms with Gasteiger partial charge in [0, 0.05) is 24.6 Å². The van der Waals surface area contributed by atoms with Gasteiger partial charge in [-0.2, -0.15) is 5.10 Å². The predicted octanol–water partition coefficient (Wildman–Crippen LogP) is 1.69. The second kappa shape index (κ2) is 7.55. The highest BCUT2D eigenvalue weighted by Crippen LogP contribution is 2.40. The lowest BCUT2D eigenvalue weighted by atomic mass is 9.77. The van der Waals surface area contributed by atoms with Crippen molar-refractivity contribution >= 4 is 27.9 Å². The number of aromatic amines is 1. The molecular weight excluding hydrogens is 354 g/mol. The number of nitrogens with zero attached hydrogens (tertiary/aromatic N) is 2. The predicted molar refractivity (Wildman–Crippen MR) is 82.6 cm³/mol. The van der Waals surface area contributed by atoms with Crippen molar-refractivity contribution in [3.63, 3.8) is 0 Å². The fourth-order valence-electron chi connectivity index (χ4n) is 2.98. The molecule has 0 aromatic carbocycles. The Morgan fingerprint density at radius 2 is 1.86 bits per heavy atom. The van der Waals surface area contributed by atoms with Crippen LogP contribution in [-0.2, 0) is 9.59 Å². The van der Waals surface area contributed by atoms with E-state index in [4.69, 9.17) is 10.2 Å². The summed E-state index contributed by atoms with van der Waals surface area (Å²) < 4.78 is 1.15. The molecule has 0 aliphatic carbocycles. The van der Waals surface area contributed by atoms with E-state index in [1.807, 2.05) is 6.20 Å². The Balaban J connectivity index is 0.000000192. The molecule has 0 amide bonds. The summed E-state index contributed by atoms with van der Waals surface area (Å²) in [6.45, 7) is 3.81. The van der Waals surface area contributed by atoms with Crippen molar-refractivity contribution in [2.45, 2.75) is 18.8 Å². The minimum absolute atomic E-state index is 0.558. The third kappa shape index (κ3) is 4.41. The summed E-state index contributed by atoms with van der Waals surface area (Å²) in [4.78, 5) is 21.7. The van der Waals surface area contributed by atoms with Crippen LogP contribution in [0.15, 0.2) is 22.8 Å². The van der Waals surface area contributed by atoms with E-state index in [0.717, 1.165) is 10.4 Å². The molecular formula is C14H18BrN3O4. The van der Waals surface area contributed by atoms with E-state index in [1.165, 1.54) is 38.2 Å². The van der Waals surface area contributed by atoms with Crippen molar-refractivity contribution in [1.82, 2.24) is 15.1 Å². The number of halogens is 1. The maximum absolute atomic E-state index is 9.55. The zero-order valence-corrected chi connectivity index (χ0v) is 13.5. The van der Waals surface area contributed by atoms with Crippen LogP contribution >= 0.6 is 15.9 Å². The summed E-state index contributed by atoms with van der Waals surface area (Å²) in [7, 11) is 0. The van der Waals surface area contributed by atoms with Gasteiger partial charge in [-0.3, -0.25) is 5.10 Å². The van der Waals surface area contributed by atoms with Crippen LogP contribution in [0.4, 0.5) is 0 Å². The molecule has 3 aliphatic heterocycles. The topological polar surface area (TPSA) is 107 Å². The van der Waals surface area contributed by atoms with Crippen LogP contribution in [0.25, 0.3) is 0 Å². The molecule has 1 aromatic rings. The summed E-state index contributed by atoms with van der Waals surface area (Å²) in [6.07, 6.45) is 5.70. The van der Waals surface area contributed by atoms with Crippen molar-refractivity contribution in [3.8, 4) is 0 Å². The molecule has 1 unspecified atom stereocenters. The molecule has 0 radical (unpaired) electrons. The summed E-state index contributed by atoms with van der Waals surface area (Å²) in [5, 5.41) is 22.9. The highest BCUT2D eigenvalue weighted by atomic mass is 79.9. The first-order valence-corrected chi connectivity index (χ1v) is 7.81. The zero-order valence-electron chi connectivity index (χ0n) is 11.9. The molecule has 2 bridgehead atoms. The first-order valence-electron chi connectivity index (χ1n) is 7.02. The van der Waals surface area contributed by atoms with Gasteiger partial charge in [-0.1, -0.05) is 0 Å². The Morgan fingerprint density at radius 1 is 1.27 bits per heavy atom. The van der Waals surface area contributed by atoms with Crippen LogP contribution in [0.2, 0.25) is 0 Å². The van der Waals surface area contributed by atoms with E-state index >= 15 is 0 Å². The number of H-pyrrole nitrogens is 1. The lowest BCUT2D eigenvalue weighted by Crippen LogP contribution is -2.46. The Morgan fingerprint density at radius 3 is 2.23 bits per heavy atom. The Labute approximate surface area is 136 Å². The van der Waals surface area contributed by atoms with Gasteiger partial charge in [0.2, 0.25) is 0 Å². The van der Waals surface area contributed by atoms with Crippen molar-refractivity contribution < 1.29 is 19.8 Å².